The summed E-state index contributed by atoms with van der Waals surface area (Å²) in [5.74, 6) is -1.85. The van der Waals surface area contributed by atoms with E-state index in [1.54, 1.807) is 42.5 Å². The van der Waals surface area contributed by atoms with E-state index in [2.05, 4.69) is 5.32 Å². The van der Waals surface area contributed by atoms with Gasteiger partial charge in [-0.1, -0.05) is 30.3 Å². The molecule has 0 spiro atoms. The fourth-order valence-corrected chi connectivity index (χ4v) is 3.68. The van der Waals surface area contributed by atoms with Crippen molar-refractivity contribution in [2.24, 2.45) is 0 Å². The van der Waals surface area contributed by atoms with Gasteiger partial charge in [-0.3, -0.25) is 14.5 Å². The number of rotatable bonds is 4. The van der Waals surface area contributed by atoms with Crippen LogP contribution in [0.5, 0.6) is 0 Å². The molecule has 1 fully saturated rings. The van der Waals surface area contributed by atoms with E-state index in [9.17, 15) is 19.2 Å². The third-order valence-electron chi connectivity index (χ3n) is 5.07. The number of hydrogen-bond donors (Lipinski definition) is 1. The van der Waals surface area contributed by atoms with Crippen molar-refractivity contribution in [1.82, 2.24) is 4.90 Å². The van der Waals surface area contributed by atoms with Gasteiger partial charge in [0, 0.05) is 12.0 Å². The molecule has 148 valence electrons. The van der Waals surface area contributed by atoms with Crippen LogP contribution in [0.3, 0.4) is 0 Å². The first-order valence-corrected chi connectivity index (χ1v) is 9.10. The smallest absolute Gasteiger partial charge is 0.340 e. The number of methoxy groups -OCH3 is 1. The zero-order valence-corrected chi connectivity index (χ0v) is 15.6. The fraction of sp³-hybridized carbons (Fsp3) is 0.238. The number of fused-ring (bicyclic) bond motifs is 1. The standard InChI is InChI=1S/C21H18N2O6/c1-28-20(26)14-8-4-5-9-15(14)22-18(25)16-10-11-17(24)23(16)19-12-6-2-3-7-13(12)21(27)29-19/h2-9,16,19H,10-11H2,1H3,(H,22,25)/t16-,19+/m0/s1. The largest absolute Gasteiger partial charge is 0.465 e. The van der Waals surface area contributed by atoms with Gasteiger partial charge in [0.15, 0.2) is 0 Å². The first kappa shape index (κ1) is 18.7. The van der Waals surface area contributed by atoms with Gasteiger partial charge in [-0.2, -0.15) is 0 Å². The van der Waals surface area contributed by atoms with Gasteiger partial charge in [-0.25, -0.2) is 9.59 Å². The van der Waals surface area contributed by atoms with Gasteiger partial charge in [-0.15, -0.1) is 0 Å². The molecule has 2 aromatic carbocycles. The summed E-state index contributed by atoms with van der Waals surface area (Å²) in [6.45, 7) is 0. The molecule has 2 heterocycles. The summed E-state index contributed by atoms with van der Waals surface area (Å²) in [5, 5.41) is 2.70. The van der Waals surface area contributed by atoms with Gasteiger partial charge < -0.3 is 14.8 Å². The van der Waals surface area contributed by atoms with E-state index in [4.69, 9.17) is 9.47 Å². The molecule has 0 bridgehead atoms. The molecule has 0 aliphatic carbocycles. The highest BCUT2D eigenvalue weighted by Gasteiger charge is 2.46. The first-order valence-electron chi connectivity index (χ1n) is 9.10. The first-order chi connectivity index (χ1) is 14.0. The van der Waals surface area contributed by atoms with Crippen molar-refractivity contribution in [3.63, 3.8) is 0 Å². The number of carbonyl (C=O) groups excluding carboxylic acids is 4. The molecule has 29 heavy (non-hydrogen) atoms. The van der Waals surface area contributed by atoms with Crippen LogP contribution in [0.15, 0.2) is 48.5 Å². The van der Waals surface area contributed by atoms with E-state index in [1.165, 1.54) is 18.1 Å². The molecular formula is C21H18N2O6. The average molecular weight is 394 g/mol. The number of likely N-dealkylation sites (tertiary alicyclic amines) is 1. The van der Waals surface area contributed by atoms with Crippen LogP contribution in [0, 0.1) is 0 Å². The molecule has 2 amide bonds. The van der Waals surface area contributed by atoms with Crippen LogP contribution < -0.4 is 5.32 Å². The van der Waals surface area contributed by atoms with Gasteiger partial charge in [-0.05, 0) is 24.6 Å². The van der Waals surface area contributed by atoms with Crippen molar-refractivity contribution in [1.29, 1.82) is 0 Å². The van der Waals surface area contributed by atoms with E-state index in [0.29, 0.717) is 11.1 Å². The SMILES string of the molecule is COC(=O)c1ccccc1NC(=O)[C@@H]1CCC(=O)N1[C@@H]1OC(=O)c2ccccc21. The van der Waals surface area contributed by atoms with Crippen LogP contribution >= 0.6 is 0 Å². The Hall–Kier alpha value is -3.68. The Morgan fingerprint density at radius 3 is 2.62 bits per heavy atom. The molecular weight excluding hydrogens is 376 g/mol. The Labute approximate surface area is 166 Å². The predicted molar refractivity (Wildman–Crippen MR) is 101 cm³/mol. The number of benzene rings is 2. The lowest BCUT2D eigenvalue weighted by atomic mass is 10.1. The molecule has 1 N–H and O–H groups in total. The number of anilines is 1. The molecule has 1 saturated heterocycles. The summed E-state index contributed by atoms with van der Waals surface area (Å²) < 4.78 is 10.2. The van der Waals surface area contributed by atoms with Crippen LogP contribution in [-0.2, 0) is 19.1 Å². The van der Waals surface area contributed by atoms with Crippen molar-refractivity contribution in [3.05, 3.63) is 65.2 Å². The fourth-order valence-electron chi connectivity index (χ4n) is 3.68. The monoisotopic (exact) mass is 394 g/mol. The second-order valence-corrected chi connectivity index (χ2v) is 6.73. The number of para-hydroxylation sites is 1. The van der Waals surface area contributed by atoms with Gasteiger partial charge in [0.25, 0.3) is 0 Å². The average Bonchev–Trinajstić information content (AvgIpc) is 3.28. The lowest BCUT2D eigenvalue weighted by molar-refractivity contribution is -0.144. The molecule has 0 unspecified atom stereocenters. The number of esters is 2. The molecule has 2 aliphatic heterocycles. The number of cyclic esters (lactones) is 1. The van der Waals surface area contributed by atoms with Crippen LogP contribution in [0.4, 0.5) is 5.69 Å². The number of carbonyl (C=O) groups is 4. The maximum absolute atomic E-state index is 13.0. The highest BCUT2D eigenvalue weighted by molar-refractivity contribution is 6.04. The zero-order valence-electron chi connectivity index (χ0n) is 15.6. The quantitative estimate of drug-likeness (QED) is 0.799. The van der Waals surface area contributed by atoms with E-state index in [1.807, 2.05) is 0 Å². The highest BCUT2D eigenvalue weighted by Crippen LogP contribution is 2.38. The number of nitrogens with one attached hydrogen (secondary N) is 1. The second kappa shape index (κ2) is 7.38. The number of nitrogens with zero attached hydrogens (tertiary/aromatic N) is 1. The molecule has 0 radical (unpaired) electrons. The normalized spacial score (nSPS) is 20.2. The predicted octanol–water partition coefficient (Wildman–Crippen LogP) is 2.27. The Balaban J connectivity index is 1.61. The van der Waals surface area contributed by atoms with Crippen molar-refractivity contribution < 1.29 is 28.7 Å². The minimum absolute atomic E-state index is 0.160. The summed E-state index contributed by atoms with van der Waals surface area (Å²) in [5.41, 5.74) is 1.43. The maximum atomic E-state index is 13.0. The van der Waals surface area contributed by atoms with Gasteiger partial charge in [0.05, 0.1) is 23.9 Å². The van der Waals surface area contributed by atoms with Crippen molar-refractivity contribution >= 4 is 29.4 Å². The molecule has 8 heteroatoms. The molecule has 0 saturated carbocycles. The molecule has 2 aromatic rings. The Morgan fingerprint density at radius 1 is 1.10 bits per heavy atom. The highest BCUT2D eigenvalue weighted by atomic mass is 16.6. The van der Waals surface area contributed by atoms with Crippen LogP contribution in [0.25, 0.3) is 0 Å². The Kier molecular flexibility index (Phi) is 4.75. The van der Waals surface area contributed by atoms with E-state index < -0.39 is 30.1 Å². The van der Waals surface area contributed by atoms with E-state index in [-0.39, 0.29) is 30.0 Å². The maximum Gasteiger partial charge on any atom is 0.340 e. The van der Waals surface area contributed by atoms with Crippen molar-refractivity contribution in [2.75, 3.05) is 12.4 Å². The zero-order chi connectivity index (χ0) is 20.5. The van der Waals surface area contributed by atoms with Crippen LogP contribution in [0.1, 0.15) is 45.3 Å². The number of hydrogen-bond acceptors (Lipinski definition) is 6. The minimum atomic E-state index is -0.944. The topological polar surface area (TPSA) is 102 Å². The summed E-state index contributed by atoms with van der Waals surface area (Å²) in [6.07, 6.45) is -0.505. The lowest BCUT2D eigenvalue weighted by Gasteiger charge is -2.29. The summed E-state index contributed by atoms with van der Waals surface area (Å²) >= 11 is 0. The molecule has 0 aromatic heterocycles. The molecule has 2 aliphatic rings. The third-order valence-corrected chi connectivity index (χ3v) is 5.07. The molecule has 2 atom stereocenters. The van der Waals surface area contributed by atoms with Gasteiger partial charge >= 0.3 is 11.9 Å². The number of amides is 2. The van der Waals surface area contributed by atoms with Gasteiger partial charge in [0.2, 0.25) is 18.0 Å². The summed E-state index contributed by atoms with van der Waals surface area (Å²) in [4.78, 5) is 50.9. The summed E-state index contributed by atoms with van der Waals surface area (Å²) in [6, 6.07) is 12.4. The Morgan fingerprint density at radius 2 is 1.83 bits per heavy atom. The molecule has 4 rings (SSSR count). The van der Waals surface area contributed by atoms with Crippen LogP contribution in [-0.4, -0.2) is 41.8 Å². The lowest BCUT2D eigenvalue weighted by Crippen LogP contribution is -2.44. The third kappa shape index (κ3) is 3.22. The van der Waals surface area contributed by atoms with Gasteiger partial charge in [0.1, 0.15) is 6.04 Å². The van der Waals surface area contributed by atoms with E-state index in [0.717, 1.165) is 0 Å². The van der Waals surface area contributed by atoms with E-state index >= 15 is 0 Å². The molecule has 8 nitrogen and oxygen atoms in total. The Bertz CT molecular complexity index is 1020. The number of ether oxygens (including phenoxy) is 2. The second-order valence-electron chi connectivity index (χ2n) is 6.73. The van der Waals surface area contributed by atoms with Crippen molar-refractivity contribution in [3.8, 4) is 0 Å². The summed E-state index contributed by atoms with van der Waals surface area (Å²) in [7, 11) is 1.25. The van der Waals surface area contributed by atoms with Crippen molar-refractivity contribution in [2.45, 2.75) is 25.1 Å². The van der Waals surface area contributed by atoms with Crippen LogP contribution in [0.2, 0.25) is 0 Å². The minimum Gasteiger partial charge on any atom is -0.465 e.